The second-order valence-electron chi connectivity index (χ2n) is 5.26. The fourth-order valence-corrected chi connectivity index (χ4v) is 2.27. The lowest BCUT2D eigenvalue weighted by molar-refractivity contribution is 0.468. The lowest BCUT2D eigenvalue weighted by Crippen LogP contribution is -2.25. The molecule has 1 unspecified atom stereocenters. The molecular formula is C15H23N5. The number of nitrogens with zero attached hydrogens (tertiary/aromatic N) is 4. The lowest BCUT2D eigenvalue weighted by atomic mass is 10.0. The first-order chi connectivity index (χ1) is 9.61. The Morgan fingerprint density at radius 3 is 2.65 bits per heavy atom. The number of hydrogen-bond acceptors (Lipinski definition) is 4. The molecule has 0 amide bonds. The van der Waals surface area contributed by atoms with Gasteiger partial charge in [-0.25, -0.2) is 9.67 Å². The van der Waals surface area contributed by atoms with Gasteiger partial charge in [-0.15, -0.1) is 0 Å². The molecule has 0 aliphatic heterocycles. The van der Waals surface area contributed by atoms with E-state index in [2.05, 4.69) is 47.2 Å². The maximum absolute atomic E-state index is 4.39. The molecule has 0 aliphatic rings. The van der Waals surface area contributed by atoms with Crippen LogP contribution in [0.4, 0.5) is 0 Å². The van der Waals surface area contributed by atoms with Gasteiger partial charge >= 0.3 is 0 Å². The van der Waals surface area contributed by atoms with Crippen LogP contribution in [0, 0.1) is 6.92 Å². The number of pyridine rings is 1. The molecule has 0 aromatic carbocycles. The number of aromatic nitrogens is 4. The first kappa shape index (κ1) is 14.7. The van der Waals surface area contributed by atoms with Crippen LogP contribution in [-0.2, 0) is 6.42 Å². The topological polar surface area (TPSA) is 55.6 Å². The van der Waals surface area contributed by atoms with Crippen molar-refractivity contribution >= 4 is 0 Å². The standard InChI is InChI=1S/C15H23N5/c1-5-16-14(13-7-6-12(4)17-9-13)8-15-18-10-19-20(15)11(2)3/h6-7,9-11,14,16H,5,8H2,1-4H3. The lowest BCUT2D eigenvalue weighted by Gasteiger charge is -2.19. The highest BCUT2D eigenvalue weighted by Gasteiger charge is 2.16. The fourth-order valence-electron chi connectivity index (χ4n) is 2.27. The van der Waals surface area contributed by atoms with Crippen molar-refractivity contribution in [2.45, 2.75) is 46.2 Å². The van der Waals surface area contributed by atoms with Gasteiger partial charge in [-0.3, -0.25) is 4.98 Å². The summed E-state index contributed by atoms with van der Waals surface area (Å²) in [5, 5.41) is 7.80. The van der Waals surface area contributed by atoms with Gasteiger partial charge in [0.2, 0.25) is 0 Å². The number of rotatable bonds is 6. The van der Waals surface area contributed by atoms with Gasteiger partial charge in [-0.1, -0.05) is 13.0 Å². The van der Waals surface area contributed by atoms with Crippen molar-refractivity contribution in [3.05, 3.63) is 41.7 Å². The molecule has 2 aromatic heterocycles. The molecule has 1 atom stereocenters. The molecule has 0 fully saturated rings. The van der Waals surface area contributed by atoms with Crippen LogP contribution in [0.5, 0.6) is 0 Å². The van der Waals surface area contributed by atoms with Crippen LogP contribution in [0.2, 0.25) is 0 Å². The molecule has 5 heteroatoms. The summed E-state index contributed by atoms with van der Waals surface area (Å²) in [6.07, 6.45) is 4.39. The van der Waals surface area contributed by atoms with Gasteiger partial charge in [0.25, 0.3) is 0 Å². The smallest absolute Gasteiger partial charge is 0.138 e. The third kappa shape index (κ3) is 3.42. The summed E-state index contributed by atoms with van der Waals surface area (Å²) in [4.78, 5) is 8.78. The minimum absolute atomic E-state index is 0.217. The van der Waals surface area contributed by atoms with Crippen molar-refractivity contribution in [2.75, 3.05) is 6.54 Å². The van der Waals surface area contributed by atoms with Crippen molar-refractivity contribution in [3.8, 4) is 0 Å². The first-order valence-electron chi connectivity index (χ1n) is 7.16. The summed E-state index contributed by atoms with van der Waals surface area (Å²) in [6.45, 7) is 9.26. The van der Waals surface area contributed by atoms with Crippen molar-refractivity contribution in [2.24, 2.45) is 0 Å². The van der Waals surface area contributed by atoms with Gasteiger partial charge in [0.05, 0.1) is 0 Å². The Labute approximate surface area is 120 Å². The van der Waals surface area contributed by atoms with Gasteiger partial charge in [-0.2, -0.15) is 5.10 Å². The van der Waals surface area contributed by atoms with Crippen molar-refractivity contribution < 1.29 is 0 Å². The Morgan fingerprint density at radius 1 is 1.25 bits per heavy atom. The maximum Gasteiger partial charge on any atom is 0.138 e. The maximum atomic E-state index is 4.39. The molecule has 0 bridgehead atoms. The molecule has 0 saturated heterocycles. The summed E-state index contributed by atoms with van der Waals surface area (Å²) >= 11 is 0. The largest absolute Gasteiger partial charge is 0.310 e. The minimum atomic E-state index is 0.217. The quantitative estimate of drug-likeness (QED) is 0.878. The number of likely N-dealkylation sites (N-methyl/N-ethyl adjacent to an activating group) is 1. The Hall–Kier alpha value is -1.75. The molecule has 5 nitrogen and oxygen atoms in total. The predicted molar refractivity (Wildman–Crippen MR) is 79.5 cm³/mol. The second-order valence-corrected chi connectivity index (χ2v) is 5.26. The molecule has 0 radical (unpaired) electrons. The van der Waals surface area contributed by atoms with E-state index < -0.39 is 0 Å². The van der Waals surface area contributed by atoms with Crippen LogP contribution in [0.25, 0.3) is 0 Å². The summed E-state index contributed by atoms with van der Waals surface area (Å²) < 4.78 is 1.98. The van der Waals surface area contributed by atoms with Crippen molar-refractivity contribution in [3.63, 3.8) is 0 Å². The van der Waals surface area contributed by atoms with Crippen LogP contribution in [0.3, 0.4) is 0 Å². The Kier molecular flexibility index (Phi) is 4.84. The third-order valence-electron chi connectivity index (χ3n) is 3.31. The van der Waals surface area contributed by atoms with E-state index in [0.29, 0.717) is 6.04 Å². The van der Waals surface area contributed by atoms with E-state index in [0.717, 1.165) is 24.5 Å². The van der Waals surface area contributed by atoms with E-state index >= 15 is 0 Å². The van der Waals surface area contributed by atoms with Gasteiger partial charge < -0.3 is 5.32 Å². The fraction of sp³-hybridized carbons (Fsp3) is 0.533. The zero-order valence-corrected chi connectivity index (χ0v) is 12.7. The zero-order chi connectivity index (χ0) is 14.5. The molecule has 1 N–H and O–H groups in total. The Balaban J connectivity index is 2.21. The van der Waals surface area contributed by atoms with Crippen molar-refractivity contribution in [1.29, 1.82) is 0 Å². The molecule has 0 spiro atoms. The average molecular weight is 273 g/mol. The predicted octanol–water partition coefficient (Wildman–Crippen LogP) is 2.46. The van der Waals surface area contributed by atoms with Gasteiger partial charge in [0.15, 0.2) is 0 Å². The molecule has 2 aromatic rings. The van der Waals surface area contributed by atoms with Crippen LogP contribution in [0.1, 0.15) is 49.9 Å². The number of nitrogens with one attached hydrogen (secondary N) is 1. The number of hydrogen-bond donors (Lipinski definition) is 1. The van der Waals surface area contributed by atoms with E-state index in [-0.39, 0.29) is 6.04 Å². The Morgan fingerprint density at radius 2 is 2.05 bits per heavy atom. The van der Waals surface area contributed by atoms with Gasteiger partial charge in [-0.05, 0) is 38.9 Å². The van der Waals surface area contributed by atoms with Crippen LogP contribution in [0.15, 0.2) is 24.7 Å². The molecule has 0 aliphatic carbocycles. The van der Waals surface area contributed by atoms with Crippen molar-refractivity contribution in [1.82, 2.24) is 25.1 Å². The van der Waals surface area contributed by atoms with E-state index in [1.54, 1.807) is 6.33 Å². The second kappa shape index (κ2) is 6.61. The summed E-state index contributed by atoms with van der Waals surface area (Å²) in [7, 11) is 0. The average Bonchev–Trinajstić information content (AvgIpc) is 2.87. The molecule has 0 saturated carbocycles. The van der Waals surface area contributed by atoms with E-state index in [1.165, 1.54) is 5.56 Å². The molecule has 20 heavy (non-hydrogen) atoms. The summed E-state index contributed by atoms with van der Waals surface area (Å²) in [5.74, 6) is 1.01. The van der Waals surface area contributed by atoms with Crippen LogP contribution >= 0.6 is 0 Å². The zero-order valence-electron chi connectivity index (χ0n) is 12.7. The van der Waals surface area contributed by atoms with E-state index in [9.17, 15) is 0 Å². The van der Waals surface area contributed by atoms with E-state index in [4.69, 9.17) is 0 Å². The minimum Gasteiger partial charge on any atom is -0.310 e. The first-order valence-corrected chi connectivity index (χ1v) is 7.16. The van der Waals surface area contributed by atoms with E-state index in [1.807, 2.05) is 23.9 Å². The molecule has 2 heterocycles. The van der Waals surface area contributed by atoms with Gasteiger partial charge in [0, 0.05) is 30.4 Å². The van der Waals surface area contributed by atoms with Gasteiger partial charge in [0.1, 0.15) is 12.2 Å². The highest BCUT2D eigenvalue weighted by atomic mass is 15.3. The van der Waals surface area contributed by atoms with Crippen LogP contribution < -0.4 is 5.32 Å². The molecular weight excluding hydrogens is 250 g/mol. The molecule has 108 valence electrons. The highest BCUT2D eigenvalue weighted by Crippen LogP contribution is 2.18. The monoisotopic (exact) mass is 273 g/mol. The number of aryl methyl sites for hydroxylation is 1. The Bertz CT molecular complexity index is 529. The summed E-state index contributed by atoms with van der Waals surface area (Å²) in [6, 6.07) is 4.72. The molecule has 2 rings (SSSR count). The third-order valence-corrected chi connectivity index (χ3v) is 3.31. The van der Waals surface area contributed by atoms with Crippen LogP contribution in [-0.4, -0.2) is 26.3 Å². The SMILES string of the molecule is CCNC(Cc1ncnn1C(C)C)c1ccc(C)nc1. The summed E-state index contributed by atoms with van der Waals surface area (Å²) in [5.41, 5.74) is 2.23. The normalized spacial score (nSPS) is 12.8. The highest BCUT2D eigenvalue weighted by molar-refractivity contribution is 5.18.